The van der Waals surface area contributed by atoms with E-state index in [9.17, 15) is 5.11 Å². The van der Waals surface area contributed by atoms with E-state index in [-0.39, 0.29) is 11.9 Å². The van der Waals surface area contributed by atoms with Crippen LogP contribution in [-0.2, 0) is 4.74 Å². The van der Waals surface area contributed by atoms with Crippen LogP contribution < -0.4 is 4.90 Å². The van der Waals surface area contributed by atoms with Crippen molar-refractivity contribution in [2.45, 2.75) is 6.92 Å². The van der Waals surface area contributed by atoms with Crippen LogP contribution in [0.15, 0.2) is 6.07 Å². The molecule has 0 spiro atoms. The average molecular weight is 302 g/mol. The van der Waals surface area contributed by atoms with E-state index in [0.717, 1.165) is 20.9 Å². The fraction of sp³-hybridized carbons (Fsp3) is 0.500. The molecule has 2 aromatic rings. The number of nitrogens with zero attached hydrogens (tertiary/aromatic N) is 3. The van der Waals surface area contributed by atoms with E-state index >= 15 is 0 Å². The summed E-state index contributed by atoms with van der Waals surface area (Å²) in [6, 6.07) is 2.04. The number of methoxy groups -OCH3 is 1. The molecular weight excluding hydrogens is 286 g/mol. The number of aryl methyl sites for hydroxylation is 1. The molecule has 2 heterocycles. The van der Waals surface area contributed by atoms with Crippen molar-refractivity contribution in [3.05, 3.63) is 16.2 Å². The third kappa shape index (κ3) is 3.33. The SMILES string of the molecule is COCCN(CCO)c1nc(Cl)nc2sc(C)cc12. The number of hydrogen-bond donors (Lipinski definition) is 1. The normalized spacial score (nSPS) is 11.2. The molecule has 0 radical (unpaired) electrons. The van der Waals surface area contributed by atoms with Crippen LogP contribution in [-0.4, -0.2) is 48.5 Å². The van der Waals surface area contributed by atoms with Gasteiger partial charge in [0.15, 0.2) is 0 Å². The standard InChI is InChI=1S/C12H16ClN3O2S/c1-8-7-9-10(14-12(13)15-11(9)19-8)16(3-5-17)4-6-18-2/h7,17H,3-6H2,1-2H3. The highest BCUT2D eigenvalue weighted by Gasteiger charge is 2.15. The summed E-state index contributed by atoms with van der Waals surface area (Å²) >= 11 is 7.56. The van der Waals surface area contributed by atoms with Crippen molar-refractivity contribution in [1.82, 2.24) is 9.97 Å². The van der Waals surface area contributed by atoms with Gasteiger partial charge in [-0.05, 0) is 24.6 Å². The van der Waals surface area contributed by atoms with E-state index in [1.807, 2.05) is 17.9 Å². The Morgan fingerprint density at radius 2 is 2.21 bits per heavy atom. The van der Waals surface area contributed by atoms with Gasteiger partial charge in [-0.1, -0.05) is 0 Å². The fourth-order valence-electron chi connectivity index (χ4n) is 1.89. The van der Waals surface area contributed by atoms with Gasteiger partial charge in [0.2, 0.25) is 5.28 Å². The summed E-state index contributed by atoms with van der Waals surface area (Å²) in [4.78, 5) is 12.5. The minimum Gasteiger partial charge on any atom is -0.395 e. The van der Waals surface area contributed by atoms with Crippen molar-refractivity contribution >= 4 is 39.0 Å². The zero-order valence-corrected chi connectivity index (χ0v) is 12.5. The minimum atomic E-state index is 0.0515. The zero-order valence-electron chi connectivity index (χ0n) is 10.9. The number of rotatable bonds is 6. The highest BCUT2D eigenvalue weighted by atomic mass is 35.5. The predicted octanol–water partition coefficient (Wildman–Crippen LogP) is 2.10. The molecule has 19 heavy (non-hydrogen) atoms. The topological polar surface area (TPSA) is 58.5 Å². The van der Waals surface area contributed by atoms with Gasteiger partial charge >= 0.3 is 0 Å². The number of anilines is 1. The van der Waals surface area contributed by atoms with Crippen LogP contribution >= 0.6 is 22.9 Å². The summed E-state index contributed by atoms with van der Waals surface area (Å²) in [6.45, 7) is 3.77. The Labute approximate surface area is 120 Å². The summed E-state index contributed by atoms with van der Waals surface area (Å²) < 4.78 is 5.09. The molecule has 1 N–H and O–H groups in total. The molecule has 0 amide bonds. The van der Waals surface area contributed by atoms with E-state index in [1.165, 1.54) is 0 Å². The lowest BCUT2D eigenvalue weighted by Gasteiger charge is -2.23. The second-order valence-corrected chi connectivity index (χ2v) is 5.67. The lowest BCUT2D eigenvalue weighted by atomic mass is 10.3. The monoisotopic (exact) mass is 301 g/mol. The lowest BCUT2D eigenvalue weighted by molar-refractivity contribution is 0.202. The molecule has 0 fully saturated rings. The number of aromatic nitrogens is 2. The van der Waals surface area contributed by atoms with Crippen molar-refractivity contribution < 1.29 is 9.84 Å². The first kappa shape index (κ1) is 14.5. The zero-order chi connectivity index (χ0) is 13.8. The van der Waals surface area contributed by atoms with Crippen LogP contribution in [0.2, 0.25) is 5.28 Å². The van der Waals surface area contributed by atoms with Gasteiger partial charge in [-0.15, -0.1) is 11.3 Å². The van der Waals surface area contributed by atoms with Crippen LogP contribution in [0.25, 0.3) is 10.2 Å². The van der Waals surface area contributed by atoms with Gasteiger partial charge in [0.1, 0.15) is 10.6 Å². The summed E-state index contributed by atoms with van der Waals surface area (Å²) in [5.41, 5.74) is 0. The maximum Gasteiger partial charge on any atom is 0.225 e. The third-order valence-electron chi connectivity index (χ3n) is 2.70. The van der Waals surface area contributed by atoms with Gasteiger partial charge in [-0.3, -0.25) is 0 Å². The molecule has 2 aromatic heterocycles. The van der Waals surface area contributed by atoms with Gasteiger partial charge in [-0.2, -0.15) is 4.98 Å². The molecular formula is C12H16ClN3O2S. The van der Waals surface area contributed by atoms with Gasteiger partial charge in [0, 0.05) is 25.1 Å². The molecule has 0 aliphatic rings. The fourth-order valence-corrected chi connectivity index (χ4v) is 2.98. The van der Waals surface area contributed by atoms with E-state index in [4.69, 9.17) is 16.3 Å². The summed E-state index contributed by atoms with van der Waals surface area (Å²) in [5.74, 6) is 0.755. The van der Waals surface area contributed by atoms with E-state index in [1.54, 1.807) is 18.4 Å². The van der Waals surface area contributed by atoms with Crippen molar-refractivity contribution in [2.75, 3.05) is 38.3 Å². The molecule has 5 nitrogen and oxygen atoms in total. The van der Waals surface area contributed by atoms with Gasteiger partial charge < -0.3 is 14.7 Å². The average Bonchev–Trinajstić information content (AvgIpc) is 2.73. The largest absolute Gasteiger partial charge is 0.395 e. The molecule has 0 unspecified atom stereocenters. The number of hydrogen-bond acceptors (Lipinski definition) is 6. The van der Waals surface area contributed by atoms with E-state index < -0.39 is 0 Å². The van der Waals surface area contributed by atoms with Crippen molar-refractivity contribution in [3.8, 4) is 0 Å². The Morgan fingerprint density at radius 1 is 1.42 bits per heavy atom. The number of fused-ring (bicyclic) bond motifs is 1. The van der Waals surface area contributed by atoms with Crippen molar-refractivity contribution in [3.63, 3.8) is 0 Å². The summed E-state index contributed by atoms with van der Waals surface area (Å²) in [6.07, 6.45) is 0. The van der Waals surface area contributed by atoms with Gasteiger partial charge in [0.05, 0.1) is 18.6 Å². The second-order valence-electron chi connectivity index (χ2n) is 4.10. The van der Waals surface area contributed by atoms with Crippen LogP contribution in [0, 0.1) is 6.92 Å². The maximum atomic E-state index is 9.19. The molecule has 0 aromatic carbocycles. The molecule has 0 saturated carbocycles. The van der Waals surface area contributed by atoms with Crippen LogP contribution in [0.4, 0.5) is 5.82 Å². The quantitative estimate of drug-likeness (QED) is 0.828. The van der Waals surface area contributed by atoms with Crippen molar-refractivity contribution in [2.24, 2.45) is 0 Å². The molecule has 104 valence electrons. The number of ether oxygens (including phenoxy) is 1. The first-order valence-corrected chi connectivity index (χ1v) is 7.13. The second kappa shape index (κ2) is 6.47. The Bertz CT molecular complexity index is 561. The number of halogens is 1. The molecule has 0 saturated heterocycles. The summed E-state index contributed by atoms with van der Waals surface area (Å²) in [5, 5.41) is 10.4. The Hall–Kier alpha value is -0.950. The lowest BCUT2D eigenvalue weighted by Crippen LogP contribution is -2.31. The van der Waals surface area contributed by atoms with Crippen LogP contribution in [0.5, 0.6) is 0 Å². The number of aliphatic hydroxyl groups excluding tert-OH is 1. The van der Waals surface area contributed by atoms with Crippen molar-refractivity contribution in [1.29, 1.82) is 0 Å². The molecule has 0 atom stereocenters. The number of aliphatic hydroxyl groups is 1. The highest BCUT2D eigenvalue weighted by Crippen LogP contribution is 2.31. The molecule has 0 aliphatic heterocycles. The van der Waals surface area contributed by atoms with Gasteiger partial charge in [-0.25, -0.2) is 4.98 Å². The van der Waals surface area contributed by atoms with E-state index in [0.29, 0.717) is 19.7 Å². The first-order chi connectivity index (χ1) is 9.15. The molecule has 7 heteroatoms. The maximum absolute atomic E-state index is 9.19. The smallest absolute Gasteiger partial charge is 0.225 e. The predicted molar refractivity (Wildman–Crippen MR) is 78.3 cm³/mol. The van der Waals surface area contributed by atoms with Crippen LogP contribution in [0.1, 0.15) is 4.88 Å². The molecule has 2 rings (SSSR count). The Morgan fingerprint density at radius 3 is 2.89 bits per heavy atom. The Balaban J connectivity index is 2.44. The first-order valence-electron chi connectivity index (χ1n) is 5.94. The summed E-state index contributed by atoms with van der Waals surface area (Å²) in [7, 11) is 1.65. The third-order valence-corrected chi connectivity index (χ3v) is 3.82. The van der Waals surface area contributed by atoms with E-state index in [2.05, 4.69) is 9.97 Å². The van der Waals surface area contributed by atoms with Crippen LogP contribution in [0.3, 0.4) is 0 Å². The van der Waals surface area contributed by atoms with Gasteiger partial charge in [0.25, 0.3) is 0 Å². The molecule has 0 aliphatic carbocycles. The minimum absolute atomic E-state index is 0.0515. The number of thiophene rings is 1. The Kier molecular flexibility index (Phi) is 4.93. The molecule has 0 bridgehead atoms. The highest BCUT2D eigenvalue weighted by molar-refractivity contribution is 7.18.